The summed E-state index contributed by atoms with van der Waals surface area (Å²) in [7, 11) is 0. The zero-order chi connectivity index (χ0) is 11.9. The summed E-state index contributed by atoms with van der Waals surface area (Å²) in [6.07, 6.45) is 11.9. The molecule has 1 aliphatic carbocycles. The van der Waals surface area contributed by atoms with Crippen LogP contribution in [0.3, 0.4) is 0 Å². The van der Waals surface area contributed by atoms with Crippen LogP contribution in [0.2, 0.25) is 0 Å². The van der Waals surface area contributed by atoms with Gasteiger partial charge >= 0.3 is 0 Å². The van der Waals surface area contributed by atoms with E-state index in [2.05, 4.69) is 19.2 Å². The van der Waals surface area contributed by atoms with Crippen molar-refractivity contribution >= 4 is 0 Å². The molecule has 17 heavy (non-hydrogen) atoms. The van der Waals surface area contributed by atoms with Gasteiger partial charge in [0.1, 0.15) is 0 Å². The monoisotopic (exact) mass is 237 g/mol. The molecule has 98 valence electrons. The molecule has 3 aliphatic rings. The molecule has 2 saturated heterocycles. The van der Waals surface area contributed by atoms with Crippen LogP contribution in [0.5, 0.6) is 0 Å². The average molecular weight is 237 g/mol. The van der Waals surface area contributed by atoms with Gasteiger partial charge in [0.25, 0.3) is 0 Å². The van der Waals surface area contributed by atoms with Crippen molar-refractivity contribution < 1.29 is 4.74 Å². The zero-order valence-corrected chi connectivity index (χ0v) is 11.4. The number of rotatable bonds is 2. The highest BCUT2D eigenvalue weighted by Crippen LogP contribution is 2.37. The van der Waals surface area contributed by atoms with E-state index in [0.29, 0.717) is 23.7 Å². The first-order valence-corrected chi connectivity index (χ1v) is 7.54. The quantitative estimate of drug-likeness (QED) is 0.744. The van der Waals surface area contributed by atoms with Crippen LogP contribution in [0.25, 0.3) is 0 Å². The summed E-state index contributed by atoms with van der Waals surface area (Å²) < 4.78 is 5.94. The van der Waals surface area contributed by atoms with Gasteiger partial charge in [-0.3, -0.25) is 0 Å². The fraction of sp³-hybridized carbons (Fsp3) is 1.00. The summed E-state index contributed by atoms with van der Waals surface area (Å²) in [6.45, 7) is 4.85. The highest BCUT2D eigenvalue weighted by Gasteiger charge is 2.41. The van der Waals surface area contributed by atoms with Crippen LogP contribution in [-0.4, -0.2) is 24.3 Å². The number of fused-ring (bicyclic) bond motifs is 2. The van der Waals surface area contributed by atoms with Crippen molar-refractivity contribution in [2.24, 2.45) is 5.41 Å². The van der Waals surface area contributed by atoms with Crippen molar-refractivity contribution in [1.29, 1.82) is 0 Å². The Morgan fingerprint density at radius 1 is 1.06 bits per heavy atom. The molecule has 0 aromatic rings. The number of nitrogens with one attached hydrogen (secondary N) is 1. The fourth-order valence-electron chi connectivity index (χ4n) is 3.94. The predicted molar refractivity (Wildman–Crippen MR) is 70.1 cm³/mol. The molecule has 0 aromatic carbocycles. The minimum absolute atomic E-state index is 0.538. The van der Waals surface area contributed by atoms with Gasteiger partial charge in [0, 0.05) is 12.1 Å². The van der Waals surface area contributed by atoms with Crippen molar-refractivity contribution in [2.45, 2.75) is 89.5 Å². The molecule has 2 nitrogen and oxygen atoms in total. The highest BCUT2D eigenvalue weighted by molar-refractivity contribution is 4.95. The maximum absolute atomic E-state index is 5.94. The lowest BCUT2D eigenvalue weighted by Crippen LogP contribution is -2.43. The Hall–Kier alpha value is -0.0800. The molecule has 0 amide bonds. The van der Waals surface area contributed by atoms with Gasteiger partial charge in [-0.25, -0.2) is 0 Å². The standard InChI is InChI=1S/C15H27NO/c1-15(2)8-3-4-11(7-9-15)16-13-10-12-5-6-14(13)17-12/h11-14,16H,3-10H2,1-2H3. The first kappa shape index (κ1) is 12.0. The number of hydrogen-bond donors (Lipinski definition) is 1. The van der Waals surface area contributed by atoms with E-state index in [9.17, 15) is 0 Å². The summed E-state index contributed by atoms with van der Waals surface area (Å²) >= 11 is 0. The zero-order valence-electron chi connectivity index (χ0n) is 11.4. The molecule has 1 N–H and O–H groups in total. The molecule has 4 unspecified atom stereocenters. The lowest BCUT2D eigenvalue weighted by Gasteiger charge is -2.27. The number of ether oxygens (including phenoxy) is 1. The molecule has 3 fully saturated rings. The van der Waals surface area contributed by atoms with E-state index in [4.69, 9.17) is 4.74 Å². The van der Waals surface area contributed by atoms with Crippen molar-refractivity contribution in [1.82, 2.24) is 5.32 Å². The van der Waals surface area contributed by atoms with Crippen LogP contribution >= 0.6 is 0 Å². The van der Waals surface area contributed by atoms with Gasteiger partial charge in [0.15, 0.2) is 0 Å². The summed E-state index contributed by atoms with van der Waals surface area (Å²) in [4.78, 5) is 0. The van der Waals surface area contributed by atoms with Crippen molar-refractivity contribution in [3.63, 3.8) is 0 Å². The lowest BCUT2D eigenvalue weighted by atomic mass is 9.85. The Morgan fingerprint density at radius 3 is 2.65 bits per heavy atom. The van der Waals surface area contributed by atoms with E-state index in [-0.39, 0.29) is 0 Å². The molecule has 3 rings (SSSR count). The topological polar surface area (TPSA) is 21.3 Å². The van der Waals surface area contributed by atoms with Gasteiger partial charge in [0.05, 0.1) is 12.2 Å². The molecule has 2 bridgehead atoms. The molecule has 4 atom stereocenters. The SMILES string of the molecule is CC1(C)CCCC(NC2CC3CCC2O3)CC1. The first-order chi connectivity index (χ1) is 8.12. The van der Waals surface area contributed by atoms with E-state index in [1.807, 2.05) is 0 Å². The van der Waals surface area contributed by atoms with E-state index in [1.54, 1.807) is 0 Å². The van der Waals surface area contributed by atoms with Gasteiger partial charge in [-0.1, -0.05) is 20.3 Å². The second-order valence-corrected chi connectivity index (χ2v) is 7.17. The molecular formula is C15H27NO. The molecular weight excluding hydrogens is 210 g/mol. The highest BCUT2D eigenvalue weighted by atomic mass is 16.5. The number of hydrogen-bond acceptors (Lipinski definition) is 2. The molecule has 1 saturated carbocycles. The third-order valence-corrected chi connectivity index (χ3v) is 5.13. The minimum atomic E-state index is 0.538. The van der Waals surface area contributed by atoms with Crippen LogP contribution in [0.4, 0.5) is 0 Å². The van der Waals surface area contributed by atoms with Gasteiger partial charge in [0.2, 0.25) is 0 Å². The normalized spacial score (nSPS) is 44.8. The second-order valence-electron chi connectivity index (χ2n) is 7.17. The third-order valence-electron chi connectivity index (χ3n) is 5.13. The molecule has 2 heteroatoms. The maximum Gasteiger partial charge on any atom is 0.0733 e. The van der Waals surface area contributed by atoms with Crippen LogP contribution in [0, 0.1) is 5.41 Å². The summed E-state index contributed by atoms with van der Waals surface area (Å²) in [5, 5.41) is 3.90. The predicted octanol–water partition coefficient (Wildman–Crippen LogP) is 3.25. The van der Waals surface area contributed by atoms with E-state index in [0.717, 1.165) is 6.04 Å². The molecule has 2 heterocycles. The molecule has 0 spiro atoms. The second kappa shape index (κ2) is 4.55. The lowest BCUT2D eigenvalue weighted by molar-refractivity contribution is 0.0956. The van der Waals surface area contributed by atoms with Gasteiger partial charge < -0.3 is 10.1 Å². The minimum Gasteiger partial charge on any atom is -0.373 e. The largest absolute Gasteiger partial charge is 0.373 e. The van der Waals surface area contributed by atoms with Crippen molar-refractivity contribution in [3.8, 4) is 0 Å². The molecule has 2 aliphatic heterocycles. The van der Waals surface area contributed by atoms with Gasteiger partial charge in [-0.15, -0.1) is 0 Å². The fourth-order valence-corrected chi connectivity index (χ4v) is 3.94. The summed E-state index contributed by atoms with van der Waals surface area (Å²) in [5.74, 6) is 0. The third kappa shape index (κ3) is 2.68. The van der Waals surface area contributed by atoms with Gasteiger partial charge in [-0.2, -0.15) is 0 Å². The van der Waals surface area contributed by atoms with Crippen LogP contribution in [-0.2, 0) is 4.74 Å². The maximum atomic E-state index is 5.94. The van der Waals surface area contributed by atoms with E-state index < -0.39 is 0 Å². The summed E-state index contributed by atoms with van der Waals surface area (Å²) in [5.41, 5.74) is 0.571. The Bertz CT molecular complexity index is 276. The summed E-state index contributed by atoms with van der Waals surface area (Å²) in [6, 6.07) is 1.42. The Kier molecular flexibility index (Phi) is 3.20. The van der Waals surface area contributed by atoms with Gasteiger partial charge in [-0.05, 0) is 50.4 Å². The molecule has 0 aromatic heterocycles. The first-order valence-electron chi connectivity index (χ1n) is 7.54. The molecule has 0 radical (unpaired) electrons. The smallest absolute Gasteiger partial charge is 0.0733 e. The van der Waals surface area contributed by atoms with Crippen LogP contribution in [0.15, 0.2) is 0 Å². The van der Waals surface area contributed by atoms with E-state index in [1.165, 1.54) is 51.4 Å². The van der Waals surface area contributed by atoms with Crippen molar-refractivity contribution in [2.75, 3.05) is 0 Å². The average Bonchev–Trinajstić information content (AvgIpc) is 2.83. The Balaban J connectivity index is 1.52. The van der Waals surface area contributed by atoms with Crippen molar-refractivity contribution in [3.05, 3.63) is 0 Å². The van der Waals surface area contributed by atoms with Crippen LogP contribution in [0.1, 0.15) is 65.2 Å². The van der Waals surface area contributed by atoms with Crippen LogP contribution < -0.4 is 5.32 Å². The Morgan fingerprint density at radius 2 is 1.94 bits per heavy atom. The van der Waals surface area contributed by atoms with E-state index >= 15 is 0 Å². The Labute approximate surface area is 105 Å².